The standard InChI is InChI=1S/C23H19N3/c1-15-11-12-19-18-10-6-5-9-17(18)14-21(20(19)13-15)23-24-22(25-26-23)16-7-3-2-4-8-16/h2-12,14-15H,13H2,1H3,(H,24,25,26). The maximum Gasteiger partial charge on any atom is 0.181 e. The third kappa shape index (κ3) is 2.44. The van der Waals surface area contributed by atoms with Gasteiger partial charge in [0.1, 0.15) is 0 Å². The second-order valence-corrected chi connectivity index (χ2v) is 6.95. The van der Waals surface area contributed by atoms with E-state index in [1.807, 2.05) is 30.3 Å². The Bertz CT molecular complexity index is 1120. The van der Waals surface area contributed by atoms with Gasteiger partial charge in [-0.1, -0.05) is 73.7 Å². The number of nitrogens with zero attached hydrogens (tertiary/aromatic N) is 2. The van der Waals surface area contributed by atoms with E-state index in [0.717, 1.165) is 29.2 Å². The van der Waals surface area contributed by atoms with Gasteiger partial charge in [0.2, 0.25) is 0 Å². The molecule has 1 heterocycles. The monoisotopic (exact) mass is 337 g/mol. The predicted octanol–water partition coefficient (Wildman–Crippen LogP) is 5.50. The zero-order chi connectivity index (χ0) is 17.5. The first-order valence-electron chi connectivity index (χ1n) is 9.00. The molecule has 1 aliphatic rings. The number of aromatic amines is 1. The molecule has 3 heteroatoms. The summed E-state index contributed by atoms with van der Waals surface area (Å²) < 4.78 is 0. The van der Waals surface area contributed by atoms with Crippen LogP contribution in [0.5, 0.6) is 0 Å². The highest BCUT2D eigenvalue weighted by atomic mass is 15.2. The number of hydrogen-bond donors (Lipinski definition) is 1. The lowest BCUT2D eigenvalue weighted by molar-refractivity contribution is 0.719. The lowest BCUT2D eigenvalue weighted by Gasteiger charge is -2.20. The number of nitrogens with one attached hydrogen (secondary N) is 1. The molecule has 0 aliphatic heterocycles. The van der Waals surface area contributed by atoms with Gasteiger partial charge in [-0.15, -0.1) is 0 Å². The van der Waals surface area contributed by atoms with Gasteiger partial charge in [-0.2, -0.15) is 5.10 Å². The maximum absolute atomic E-state index is 4.80. The quantitative estimate of drug-likeness (QED) is 0.525. The van der Waals surface area contributed by atoms with Crippen LogP contribution in [-0.2, 0) is 6.42 Å². The van der Waals surface area contributed by atoms with Crippen molar-refractivity contribution in [2.45, 2.75) is 13.3 Å². The summed E-state index contributed by atoms with van der Waals surface area (Å²) in [5.74, 6) is 2.11. The summed E-state index contributed by atoms with van der Waals surface area (Å²) in [6.45, 7) is 2.26. The summed E-state index contributed by atoms with van der Waals surface area (Å²) in [5.41, 5.74) is 4.85. The van der Waals surface area contributed by atoms with Crippen molar-refractivity contribution in [1.29, 1.82) is 0 Å². The Hall–Kier alpha value is -3.20. The van der Waals surface area contributed by atoms with Crippen LogP contribution in [0.4, 0.5) is 0 Å². The van der Waals surface area contributed by atoms with E-state index in [9.17, 15) is 0 Å². The third-order valence-electron chi connectivity index (χ3n) is 5.09. The summed E-state index contributed by atoms with van der Waals surface area (Å²) in [4.78, 5) is 4.80. The molecule has 0 amide bonds. The second kappa shape index (κ2) is 5.95. The van der Waals surface area contributed by atoms with Gasteiger partial charge in [0.25, 0.3) is 0 Å². The predicted molar refractivity (Wildman–Crippen MR) is 107 cm³/mol. The molecule has 26 heavy (non-hydrogen) atoms. The van der Waals surface area contributed by atoms with Crippen LogP contribution in [0.25, 0.3) is 39.6 Å². The van der Waals surface area contributed by atoms with E-state index < -0.39 is 0 Å². The summed E-state index contributed by atoms with van der Waals surface area (Å²) >= 11 is 0. The minimum absolute atomic E-state index is 0.527. The topological polar surface area (TPSA) is 41.6 Å². The van der Waals surface area contributed by atoms with Crippen LogP contribution in [-0.4, -0.2) is 15.2 Å². The molecule has 3 aromatic carbocycles. The first-order valence-corrected chi connectivity index (χ1v) is 9.00. The van der Waals surface area contributed by atoms with Gasteiger partial charge in [0.05, 0.1) is 0 Å². The van der Waals surface area contributed by atoms with Crippen LogP contribution in [0.3, 0.4) is 0 Å². The average molecular weight is 337 g/mol. The largest absolute Gasteiger partial charge is 0.259 e. The first kappa shape index (κ1) is 15.1. The molecule has 0 spiro atoms. The second-order valence-electron chi connectivity index (χ2n) is 6.95. The van der Waals surface area contributed by atoms with Crippen molar-refractivity contribution in [2.24, 2.45) is 5.92 Å². The van der Waals surface area contributed by atoms with Crippen molar-refractivity contribution < 1.29 is 0 Å². The van der Waals surface area contributed by atoms with Gasteiger partial charge < -0.3 is 0 Å². The van der Waals surface area contributed by atoms with Crippen molar-refractivity contribution in [3.05, 3.63) is 77.9 Å². The number of allylic oxidation sites excluding steroid dienone is 1. The van der Waals surface area contributed by atoms with Crippen LogP contribution in [0.15, 0.2) is 66.7 Å². The van der Waals surface area contributed by atoms with Crippen LogP contribution in [0.2, 0.25) is 0 Å². The van der Waals surface area contributed by atoms with Crippen LogP contribution < -0.4 is 0 Å². The minimum atomic E-state index is 0.527. The molecule has 3 nitrogen and oxygen atoms in total. The highest BCUT2D eigenvalue weighted by molar-refractivity contribution is 5.96. The summed E-state index contributed by atoms with van der Waals surface area (Å²) in [6.07, 6.45) is 5.59. The fourth-order valence-electron chi connectivity index (χ4n) is 3.79. The van der Waals surface area contributed by atoms with E-state index in [1.165, 1.54) is 21.9 Å². The molecule has 0 saturated heterocycles. The highest BCUT2D eigenvalue weighted by Gasteiger charge is 2.20. The zero-order valence-electron chi connectivity index (χ0n) is 14.6. The number of hydrogen-bond acceptors (Lipinski definition) is 2. The molecule has 1 unspecified atom stereocenters. The molecule has 5 rings (SSSR count). The van der Waals surface area contributed by atoms with Crippen LogP contribution >= 0.6 is 0 Å². The molecule has 1 aromatic heterocycles. The lowest BCUT2D eigenvalue weighted by Crippen LogP contribution is -2.06. The third-order valence-corrected chi connectivity index (χ3v) is 5.09. The van der Waals surface area contributed by atoms with Crippen molar-refractivity contribution in [3.8, 4) is 22.8 Å². The molecule has 0 radical (unpaired) electrons. The van der Waals surface area contributed by atoms with Crippen molar-refractivity contribution in [3.63, 3.8) is 0 Å². The van der Waals surface area contributed by atoms with Gasteiger partial charge in [0, 0.05) is 11.1 Å². The van der Waals surface area contributed by atoms with Gasteiger partial charge in [-0.05, 0) is 40.3 Å². The average Bonchev–Trinajstić information content (AvgIpc) is 3.18. The Balaban J connectivity index is 1.72. The van der Waals surface area contributed by atoms with Crippen molar-refractivity contribution in [1.82, 2.24) is 15.2 Å². The number of aromatic nitrogens is 3. The molecular weight excluding hydrogens is 318 g/mol. The Morgan fingerprint density at radius 2 is 1.81 bits per heavy atom. The van der Waals surface area contributed by atoms with E-state index in [4.69, 9.17) is 4.98 Å². The fourth-order valence-corrected chi connectivity index (χ4v) is 3.79. The molecular formula is C23H19N3. The summed E-state index contributed by atoms with van der Waals surface area (Å²) in [6, 6.07) is 20.9. The van der Waals surface area contributed by atoms with Crippen molar-refractivity contribution >= 4 is 16.8 Å². The molecule has 0 bridgehead atoms. The molecule has 1 atom stereocenters. The Kier molecular flexibility index (Phi) is 3.45. The molecule has 1 N–H and O–H groups in total. The Morgan fingerprint density at radius 3 is 2.69 bits per heavy atom. The normalized spacial score (nSPS) is 16.0. The molecule has 0 fully saturated rings. The molecule has 4 aromatic rings. The van der Waals surface area contributed by atoms with Crippen molar-refractivity contribution in [2.75, 3.05) is 0 Å². The van der Waals surface area contributed by atoms with E-state index in [-0.39, 0.29) is 0 Å². The van der Waals surface area contributed by atoms with Crippen LogP contribution in [0.1, 0.15) is 18.1 Å². The minimum Gasteiger partial charge on any atom is -0.259 e. The Labute approximate surface area is 152 Å². The van der Waals surface area contributed by atoms with Gasteiger partial charge in [-0.25, -0.2) is 4.98 Å². The summed E-state index contributed by atoms with van der Waals surface area (Å²) in [7, 11) is 0. The fraction of sp³-hybridized carbons (Fsp3) is 0.130. The maximum atomic E-state index is 4.80. The lowest BCUT2D eigenvalue weighted by atomic mass is 9.84. The number of H-pyrrole nitrogens is 1. The van der Waals surface area contributed by atoms with Gasteiger partial charge in [0.15, 0.2) is 11.6 Å². The zero-order valence-corrected chi connectivity index (χ0v) is 14.6. The van der Waals surface area contributed by atoms with Gasteiger partial charge >= 0.3 is 0 Å². The highest BCUT2D eigenvalue weighted by Crippen LogP contribution is 2.37. The number of fused-ring (bicyclic) bond motifs is 3. The van der Waals surface area contributed by atoms with Gasteiger partial charge in [-0.3, -0.25) is 5.10 Å². The number of rotatable bonds is 2. The summed E-state index contributed by atoms with van der Waals surface area (Å²) in [5, 5.41) is 10.2. The molecule has 0 saturated carbocycles. The molecule has 1 aliphatic carbocycles. The Morgan fingerprint density at radius 1 is 1.00 bits per heavy atom. The van der Waals surface area contributed by atoms with E-state index in [1.54, 1.807) is 0 Å². The van der Waals surface area contributed by atoms with E-state index in [0.29, 0.717) is 5.92 Å². The number of benzene rings is 3. The van der Waals surface area contributed by atoms with E-state index in [2.05, 4.69) is 59.6 Å². The van der Waals surface area contributed by atoms with Crippen LogP contribution in [0, 0.1) is 5.92 Å². The SMILES string of the molecule is CC1C=Cc2c(c(-c3nc(-c4ccccc4)n[nH]3)cc3ccccc23)C1. The smallest absolute Gasteiger partial charge is 0.181 e. The molecule has 126 valence electrons. The van der Waals surface area contributed by atoms with E-state index >= 15 is 0 Å². The first-order chi connectivity index (χ1) is 12.8.